The van der Waals surface area contributed by atoms with E-state index in [0.717, 1.165) is 38.0 Å². The molecule has 5 heteroatoms. The van der Waals surface area contributed by atoms with Crippen molar-refractivity contribution in [1.29, 1.82) is 0 Å². The number of anilines is 2. The number of benzene rings is 1. The van der Waals surface area contributed by atoms with Crippen molar-refractivity contribution in [2.45, 2.75) is 39.2 Å². The van der Waals surface area contributed by atoms with Crippen LogP contribution in [0, 0.1) is 5.92 Å². The van der Waals surface area contributed by atoms with Gasteiger partial charge >= 0.3 is 0 Å². The Hall–Kier alpha value is -2.04. The summed E-state index contributed by atoms with van der Waals surface area (Å²) >= 11 is 0. The lowest BCUT2D eigenvalue weighted by Crippen LogP contribution is -2.39. The summed E-state index contributed by atoms with van der Waals surface area (Å²) in [5, 5.41) is 6.21. The van der Waals surface area contributed by atoms with Gasteiger partial charge in [0.25, 0.3) is 5.91 Å². The van der Waals surface area contributed by atoms with E-state index in [1.54, 1.807) is 6.07 Å². The maximum atomic E-state index is 12.4. The second-order valence-electron chi connectivity index (χ2n) is 6.58. The van der Waals surface area contributed by atoms with Gasteiger partial charge in [-0.25, -0.2) is 0 Å². The molecule has 2 aliphatic rings. The Labute approximate surface area is 131 Å². The quantitative estimate of drug-likeness (QED) is 0.902. The molecule has 118 valence electrons. The number of nitrogens with zero attached hydrogens (tertiary/aromatic N) is 1. The molecule has 5 nitrogen and oxygen atoms in total. The minimum atomic E-state index is -0.201. The summed E-state index contributed by atoms with van der Waals surface area (Å²) in [5.41, 5.74) is 2.24. The van der Waals surface area contributed by atoms with Crippen molar-refractivity contribution in [3.8, 4) is 0 Å². The highest BCUT2D eigenvalue weighted by Gasteiger charge is 2.27. The number of carbonyl (C=O) groups is 2. The average Bonchev–Trinajstić information content (AvgIpc) is 3.00. The Morgan fingerprint density at radius 1 is 1.27 bits per heavy atom. The van der Waals surface area contributed by atoms with E-state index in [0.29, 0.717) is 17.2 Å². The van der Waals surface area contributed by atoms with Gasteiger partial charge in [0.05, 0.1) is 11.4 Å². The third kappa shape index (κ3) is 2.93. The Kier molecular flexibility index (Phi) is 4.05. The predicted molar refractivity (Wildman–Crippen MR) is 87.1 cm³/mol. The summed E-state index contributed by atoms with van der Waals surface area (Å²) in [7, 11) is 0. The summed E-state index contributed by atoms with van der Waals surface area (Å²) in [6.07, 6.45) is 2.94. The third-order valence-electron chi connectivity index (χ3n) is 4.27. The van der Waals surface area contributed by atoms with E-state index in [2.05, 4.69) is 24.5 Å². The maximum absolute atomic E-state index is 12.4. The van der Waals surface area contributed by atoms with Gasteiger partial charge in [0, 0.05) is 18.7 Å². The van der Waals surface area contributed by atoms with Crippen LogP contribution < -0.4 is 10.6 Å². The van der Waals surface area contributed by atoms with Crippen molar-refractivity contribution in [2.24, 2.45) is 5.92 Å². The second-order valence-corrected chi connectivity index (χ2v) is 6.58. The highest BCUT2D eigenvalue weighted by Crippen LogP contribution is 2.30. The summed E-state index contributed by atoms with van der Waals surface area (Å²) in [6, 6.07) is 5.32. The summed E-state index contributed by atoms with van der Waals surface area (Å²) in [6.45, 7) is 5.86. The molecule has 0 aromatic heterocycles. The molecular weight excluding hydrogens is 278 g/mol. The first kappa shape index (κ1) is 14.9. The SMILES string of the molecule is CC(C)CC1Nc2ccc(C(=O)N3CCCC3)cc2NC1=O. The monoisotopic (exact) mass is 301 g/mol. The molecule has 0 radical (unpaired) electrons. The van der Waals surface area contributed by atoms with Gasteiger partial charge in [-0.05, 0) is 43.4 Å². The third-order valence-corrected chi connectivity index (χ3v) is 4.27. The zero-order valence-electron chi connectivity index (χ0n) is 13.2. The van der Waals surface area contributed by atoms with Gasteiger partial charge in [-0.1, -0.05) is 13.8 Å². The minimum absolute atomic E-state index is 0.0213. The predicted octanol–water partition coefficient (Wildman–Crippen LogP) is 2.70. The molecule has 0 spiro atoms. The fourth-order valence-corrected chi connectivity index (χ4v) is 3.12. The van der Waals surface area contributed by atoms with E-state index >= 15 is 0 Å². The van der Waals surface area contributed by atoms with Crippen LogP contribution in [0.4, 0.5) is 11.4 Å². The maximum Gasteiger partial charge on any atom is 0.253 e. The van der Waals surface area contributed by atoms with E-state index in [1.807, 2.05) is 17.0 Å². The second kappa shape index (κ2) is 5.99. The Morgan fingerprint density at radius 2 is 2.00 bits per heavy atom. The average molecular weight is 301 g/mol. The Balaban J connectivity index is 1.79. The molecular formula is C17H23N3O2. The van der Waals surface area contributed by atoms with Crippen LogP contribution in [0.3, 0.4) is 0 Å². The smallest absolute Gasteiger partial charge is 0.253 e. The normalized spacial score (nSPS) is 20.6. The number of carbonyl (C=O) groups excluding carboxylic acids is 2. The van der Waals surface area contributed by atoms with Gasteiger partial charge in [0.15, 0.2) is 0 Å². The van der Waals surface area contributed by atoms with E-state index in [4.69, 9.17) is 0 Å². The van der Waals surface area contributed by atoms with Crippen molar-refractivity contribution >= 4 is 23.2 Å². The summed E-state index contributed by atoms with van der Waals surface area (Å²) in [5.74, 6) is 0.478. The summed E-state index contributed by atoms with van der Waals surface area (Å²) < 4.78 is 0. The van der Waals surface area contributed by atoms with E-state index in [9.17, 15) is 9.59 Å². The molecule has 1 fully saturated rings. The molecule has 2 heterocycles. The van der Waals surface area contributed by atoms with Gasteiger partial charge in [0.2, 0.25) is 5.91 Å². The minimum Gasteiger partial charge on any atom is -0.372 e. The van der Waals surface area contributed by atoms with Crippen LogP contribution in [0.5, 0.6) is 0 Å². The lowest BCUT2D eigenvalue weighted by Gasteiger charge is -2.28. The first-order chi connectivity index (χ1) is 10.5. The fraction of sp³-hybridized carbons (Fsp3) is 0.529. The van der Waals surface area contributed by atoms with Crippen LogP contribution in [0.25, 0.3) is 0 Å². The molecule has 1 aromatic rings. The van der Waals surface area contributed by atoms with Gasteiger partial charge in [-0.3, -0.25) is 9.59 Å². The molecule has 0 aliphatic carbocycles. The van der Waals surface area contributed by atoms with Gasteiger partial charge in [-0.2, -0.15) is 0 Å². The molecule has 1 unspecified atom stereocenters. The molecule has 0 saturated carbocycles. The van der Waals surface area contributed by atoms with Crippen molar-refractivity contribution in [3.05, 3.63) is 23.8 Å². The van der Waals surface area contributed by atoms with E-state index in [1.165, 1.54) is 0 Å². The molecule has 2 N–H and O–H groups in total. The number of likely N-dealkylation sites (tertiary alicyclic amines) is 1. The first-order valence-electron chi connectivity index (χ1n) is 8.05. The molecule has 1 atom stereocenters. The van der Waals surface area contributed by atoms with Crippen LogP contribution in [-0.2, 0) is 4.79 Å². The number of amides is 2. The topological polar surface area (TPSA) is 61.4 Å². The lowest BCUT2D eigenvalue weighted by molar-refractivity contribution is -0.117. The number of rotatable bonds is 3. The molecule has 2 amide bonds. The molecule has 1 aromatic carbocycles. The summed E-state index contributed by atoms with van der Waals surface area (Å²) in [4.78, 5) is 26.5. The standard InChI is InChI=1S/C17H23N3O2/c1-11(2)9-15-16(21)19-14-10-12(5-6-13(14)18-15)17(22)20-7-3-4-8-20/h5-6,10-11,15,18H,3-4,7-9H2,1-2H3,(H,19,21). The molecule has 3 rings (SSSR count). The number of nitrogens with one attached hydrogen (secondary N) is 2. The number of fused-ring (bicyclic) bond motifs is 1. The number of hydrogen-bond donors (Lipinski definition) is 2. The molecule has 2 aliphatic heterocycles. The van der Waals surface area contributed by atoms with E-state index in [-0.39, 0.29) is 17.9 Å². The lowest BCUT2D eigenvalue weighted by atomic mass is 10.00. The van der Waals surface area contributed by atoms with Crippen LogP contribution in [-0.4, -0.2) is 35.8 Å². The van der Waals surface area contributed by atoms with Crippen molar-refractivity contribution in [2.75, 3.05) is 23.7 Å². The highest BCUT2D eigenvalue weighted by atomic mass is 16.2. The van der Waals surface area contributed by atoms with Crippen LogP contribution in [0.15, 0.2) is 18.2 Å². The van der Waals surface area contributed by atoms with Crippen LogP contribution in [0.2, 0.25) is 0 Å². The highest BCUT2D eigenvalue weighted by molar-refractivity contribution is 6.05. The van der Waals surface area contributed by atoms with Gasteiger partial charge in [-0.15, -0.1) is 0 Å². The van der Waals surface area contributed by atoms with Gasteiger partial charge < -0.3 is 15.5 Å². The fourth-order valence-electron chi connectivity index (χ4n) is 3.12. The molecule has 0 bridgehead atoms. The van der Waals surface area contributed by atoms with Gasteiger partial charge in [0.1, 0.15) is 6.04 Å². The Morgan fingerprint density at radius 3 is 2.68 bits per heavy atom. The zero-order chi connectivity index (χ0) is 15.7. The largest absolute Gasteiger partial charge is 0.372 e. The molecule has 22 heavy (non-hydrogen) atoms. The van der Waals surface area contributed by atoms with E-state index < -0.39 is 0 Å². The van der Waals surface area contributed by atoms with Crippen LogP contribution in [0.1, 0.15) is 43.5 Å². The van der Waals surface area contributed by atoms with Crippen LogP contribution >= 0.6 is 0 Å². The number of hydrogen-bond acceptors (Lipinski definition) is 3. The zero-order valence-corrected chi connectivity index (χ0v) is 13.2. The first-order valence-corrected chi connectivity index (χ1v) is 8.05. The van der Waals surface area contributed by atoms with Crippen molar-refractivity contribution in [1.82, 2.24) is 4.90 Å². The van der Waals surface area contributed by atoms with Crippen molar-refractivity contribution in [3.63, 3.8) is 0 Å². The van der Waals surface area contributed by atoms with Crippen molar-refractivity contribution < 1.29 is 9.59 Å². The molecule has 1 saturated heterocycles. The Bertz CT molecular complexity index is 592.